The largest absolute Gasteiger partial charge is 0.496 e. The Balaban J connectivity index is 2.52. The molecular weight excluding hydrogens is 246 g/mol. The van der Waals surface area contributed by atoms with Crippen LogP contribution in [0.25, 0.3) is 0 Å². The Kier molecular flexibility index (Phi) is 7.89. The molecule has 4 heteroatoms. The van der Waals surface area contributed by atoms with Crippen LogP contribution in [0.2, 0.25) is 0 Å². The Bertz CT molecular complexity index is 345. The maximum atomic E-state index is 5.40. The number of thioether (sulfide) groups is 1. The molecule has 0 atom stereocenters. The summed E-state index contributed by atoms with van der Waals surface area (Å²) in [5.74, 6) is 3.09. The van der Waals surface area contributed by atoms with Gasteiger partial charge >= 0.3 is 0 Å². The summed E-state index contributed by atoms with van der Waals surface area (Å²) in [6.07, 6.45) is 1.10. The smallest absolute Gasteiger partial charge is 0.122 e. The van der Waals surface area contributed by atoms with E-state index >= 15 is 0 Å². The predicted molar refractivity (Wildman–Crippen MR) is 78.4 cm³/mol. The predicted octanol–water partition coefficient (Wildman–Crippen LogP) is 2.68. The zero-order valence-electron chi connectivity index (χ0n) is 11.5. The van der Waals surface area contributed by atoms with Gasteiger partial charge in [0.05, 0.1) is 7.11 Å². The second-order valence-electron chi connectivity index (χ2n) is 4.08. The summed E-state index contributed by atoms with van der Waals surface area (Å²) in [4.78, 5) is 0. The summed E-state index contributed by atoms with van der Waals surface area (Å²) in [7, 11) is 5.44. The van der Waals surface area contributed by atoms with Crippen LogP contribution in [0.5, 0.6) is 5.75 Å². The number of benzene rings is 1. The highest BCUT2D eigenvalue weighted by atomic mass is 32.2. The molecule has 0 saturated carbocycles. The SMILES string of the molecule is CNCc1ccc(OC)c(CSCCCOC)c1. The van der Waals surface area contributed by atoms with E-state index in [0.29, 0.717) is 0 Å². The van der Waals surface area contributed by atoms with Gasteiger partial charge in [0.25, 0.3) is 0 Å². The molecule has 18 heavy (non-hydrogen) atoms. The van der Waals surface area contributed by atoms with Crippen molar-refractivity contribution in [2.45, 2.75) is 18.7 Å². The fraction of sp³-hybridized carbons (Fsp3) is 0.571. The van der Waals surface area contributed by atoms with Crippen LogP contribution in [0.3, 0.4) is 0 Å². The van der Waals surface area contributed by atoms with Crippen LogP contribution in [-0.4, -0.2) is 33.6 Å². The van der Waals surface area contributed by atoms with Crippen LogP contribution in [0, 0.1) is 0 Å². The highest BCUT2D eigenvalue weighted by molar-refractivity contribution is 7.98. The molecule has 1 aromatic rings. The lowest BCUT2D eigenvalue weighted by Crippen LogP contribution is -2.05. The number of ether oxygens (including phenoxy) is 2. The van der Waals surface area contributed by atoms with Gasteiger partial charge < -0.3 is 14.8 Å². The molecule has 0 spiro atoms. The first kappa shape index (κ1) is 15.3. The highest BCUT2D eigenvalue weighted by Gasteiger charge is 2.04. The topological polar surface area (TPSA) is 30.5 Å². The molecule has 0 heterocycles. The van der Waals surface area contributed by atoms with E-state index < -0.39 is 0 Å². The van der Waals surface area contributed by atoms with Crippen molar-refractivity contribution in [1.82, 2.24) is 5.32 Å². The molecule has 0 bridgehead atoms. The number of hydrogen-bond donors (Lipinski definition) is 1. The molecule has 0 aliphatic carbocycles. The number of hydrogen-bond acceptors (Lipinski definition) is 4. The van der Waals surface area contributed by atoms with Gasteiger partial charge in [-0.1, -0.05) is 6.07 Å². The molecule has 3 nitrogen and oxygen atoms in total. The molecule has 102 valence electrons. The van der Waals surface area contributed by atoms with Crippen molar-refractivity contribution in [2.24, 2.45) is 0 Å². The molecule has 1 N–H and O–H groups in total. The monoisotopic (exact) mass is 269 g/mol. The van der Waals surface area contributed by atoms with Crippen molar-refractivity contribution in [3.05, 3.63) is 29.3 Å². The van der Waals surface area contributed by atoms with Gasteiger partial charge in [0, 0.05) is 31.6 Å². The average Bonchev–Trinajstić information content (AvgIpc) is 2.39. The van der Waals surface area contributed by atoms with Gasteiger partial charge in [-0.2, -0.15) is 11.8 Å². The molecule has 0 radical (unpaired) electrons. The molecule has 0 unspecified atom stereocenters. The normalized spacial score (nSPS) is 10.6. The Morgan fingerprint density at radius 3 is 2.78 bits per heavy atom. The van der Waals surface area contributed by atoms with Gasteiger partial charge in [-0.25, -0.2) is 0 Å². The third kappa shape index (κ3) is 5.29. The van der Waals surface area contributed by atoms with E-state index in [9.17, 15) is 0 Å². The fourth-order valence-corrected chi connectivity index (χ4v) is 2.66. The lowest BCUT2D eigenvalue weighted by molar-refractivity contribution is 0.200. The molecule has 0 aliphatic rings. The summed E-state index contributed by atoms with van der Waals surface area (Å²) < 4.78 is 10.4. The van der Waals surface area contributed by atoms with E-state index in [1.54, 1.807) is 14.2 Å². The second-order valence-corrected chi connectivity index (χ2v) is 5.18. The lowest BCUT2D eigenvalue weighted by Gasteiger charge is -2.10. The quantitative estimate of drug-likeness (QED) is 0.698. The Morgan fingerprint density at radius 2 is 2.11 bits per heavy atom. The summed E-state index contributed by atoms with van der Waals surface area (Å²) in [5, 5.41) is 3.17. The van der Waals surface area contributed by atoms with Gasteiger partial charge in [-0.05, 0) is 36.9 Å². The Morgan fingerprint density at radius 1 is 1.28 bits per heavy atom. The second kappa shape index (κ2) is 9.25. The first-order chi connectivity index (χ1) is 8.81. The van der Waals surface area contributed by atoms with Crippen LogP contribution in [0.4, 0.5) is 0 Å². The first-order valence-corrected chi connectivity index (χ1v) is 7.34. The van der Waals surface area contributed by atoms with Crippen molar-refractivity contribution in [3.63, 3.8) is 0 Å². The van der Waals surface area contributed by atoms with Crippen LogP contribution >= 0.6 is 11.8 Å². The molecule has 0 saturated heterocycles. The zero-order valence-corrected chi connectivity index (χ0v) is 12.3. The summed E-state index contributed by atoms with van der Waals surface area (Å²) in [6, 6.07) is 6.38. The third-order valence-electron chi connectivity index (χ3n) is 2.62. The molecule has 0 amide bonds. The third-order valence-corrected chi connectivity index (χ3v) is 3.71. The minimum absolute atomic E-state index is 0.837. The maximum Gasteiger partial charge on any atom is 0.122 e. The first-order valence-electron chi connectivity index (χ1n) is 6.19. The molecule has 0 aliphatic heterocycles. The van der Waals surface area contributed by atoms with Gasteiger partial charge in [0.2, 0.25) is 0 Å². The van der Waals surface area contributed by atoms with Crippen LogP contribution < -0.4 is 10.1 Å². The summed E-state index contributed by atoms with van der Waals surface area (Å²) in [6.45, 7) is 1.73. The summed E-state index contributed by atoms with van der Waals surface area (Å²) >= 11 is 1.92. The molecule has 0 aromatic heterocycles. The maximum absolute atomic E-state index is 5.40. The van der Waals surface area contributed by atoms with Crippen LogP contribution in [0.15, 0.2) is 18.2 Å². The zero-order chi connectivity index (χ0) is 13.2. The number of rotatable bonds is 9. The Hall–Kier alpha value is -0.710. The van der Waals surface area contributed by atoms with Crippen molar-refractivity contribution < 1.29 is 9.47 Å². The minimum atomic E-state index is 0.837. The lowest BCUT2D eigenvalue weighted by atomic mass is 10.1. The van der Waals surface area contributed by atoms with Gasteiger partial charge in [-0.3, -0.25) is 0 Å². The van der Waals surface area contributed by atoms with E-state index in [-0.39, 0.29) is 0 Å². The molecular formula is C14H23NO2S. The van der Waals surface area contributed by atoms with Crippen molar-refractivity contribution in [1.29, 1.82) is 0 Å². The van der Waals surface area contributed by atoms with Gasteiger partial charge in [-0.15, -0.1) is 0 Å². The fourth-order valence-electron chi connectivity index (χ4n) is 1.75. The van der Waals surface area contributed by atoms with E-state index in [4.69, 9.17) is 9.47 Å². The van der Waals surface area contributed by atoms with Crippen LogP contribution in [-0.2, 0) is 17.0 Å². The van der Waals surface area contributed by atoms with Crippen molar-refractivity contribution in [2.75, 3.05) is 33.6 Å². The van der Waals surface area contributed by atoms with Crippen LogP contribution in [0.1, 0.15) is 17.5 Å². The van der Waals surface area contributed by atoms with E-state index in [2.05, 4.69) is 23.5 Å². The van der Waals surface area contributed by atoms with Gasteiger partial charge in [0.15, 0.2) is 0 Å². The average molecular weight is 269 g/mol. The molecule has 1 rings (SSSR count). The molecule has 0 fully saturated rings. The van der Waals surface area contributed by atoms with E-state index in [1.165, 1.54) is 11.1 Å². The minimum Gasteiger partial charge on any atom is -0.496 e. The highest BCUT2D eigenvalue weighted by Crippen LogP contribution is 2.24. The van der Waals surface area contributed by atoms with Crippen molar-refractivity contribution >= 4 is 11.8 Å². The van der Waals surface area contributed by atoms with Crippen molar-refractivity contribution in [3.8, 4) is 5.75 Å². The standard InChI is InChI=1S/C14H23NO2S/c1-15-10-12-5-6-14(17-3)13(9-12)11-18-8-4-7-16-2/h5-6,9,15H,4,7-8,10-11H2,1-3H3. The van der Waals surface area contributed by atoms with E-state index in [0.717, 1.165) is 36.8 Å². The molecule has 1 aromatic carbocycles. The van der Waals surface area contributed by atoms with Gasteiger partial charge in [0.1, 0.15) is 5.75 Å². The Labute approximate surface area is 114 Å². The van der Waals surface area contributed by atoms with E-state index in [1.807, 2.05) is 18.8 Å². The number of methoxy groups -OCH3 is 2. The summed E-state index contributed by atoms with van der Waals surface area (Å²) in [5.41, 5.74) is 2.57. The number of nitrogens with one attached hydrogen (secondary N) is 1.